The highest BCUT2D eigenvalue weighted by Gasteiger charge is 2.21. The predicted molar refractivity (Wildman–Crippen MR) is 96.8 cm³/mol. The van der Waals surface area contributed by atoms with Gasteiger partial charge in [0.25, 0.3) is 5.91 Å². The molecule has 0 N–H and O–H groups in total. The molecule has 0 atom stereocenters. The van der Waals surface area contributed by atoms with Gasteiger partial charge in [-0.3, -0.25) is 14.6 Å². The molecule has 0 unspecified atom stereocenters. The molecule has 1 fully saturated rings. The lowest BCUT2D eigenvalue weighted by Gasteiger charge is -2.21. The average molecular weight is 335 g/mol. The van der Waals surface area contributed by atoms with Gasteiger partial charge in [-0.15, -0.1) is 0 Å². The molecular weight excluding hydrogens is 314 g/mol. The molecule has 0 spiro atoms. The Hall–Kier alpha value is -2.95. The molecule has 2 aromatic rings. The van der Waals surface area contributed by atoms with Crippen molar-refractivity contribution in [3.8, 4) is 0 Å². The van der Waals surface area contributed by atoms with E-state index in [0.29, 0.717) is 31.7 Å². The SMILES string of the molecule is O=C(C=Cc1ccccn1)N1CCCN(C(=O)c2ccccc2)CC1. The minimum Gasteiger partial charge on any atom is -0.337 e. The van der Waals surface area contributed by atoms with E-state index in [-0.39, 0.29) is 11.8 Å². The fourth-order valence-corrected chi connectivity index (χ4v) is 2.84. The Balaban J connectivity index is 1.59. The van der Waals surface area contributed by atoms with Crippen molar-refractivity contribution in [2.75, 3.05) is 26.2 Å². The van der Waals surface area contributed by atoms with Crippen molar-refractivity contribution in [3.05, 3.63) is 72.1 Å². The number of rotatable bonds is 3. The minimum absolute atomic E-state index is 0.0268. The Morgan fingerprint density at radius 2 is 1.60 bits per heavy atom. The smallest absolute Gasteiger partial charge is 0.253 e. The zero-order chi connectivity index (χ0) is 17.5. The van der Waals surface area contributed by atoms with Gasteiger partial charge in [-0.1, -0.05) is 24.3 Å². The molecule has 5 nitrogen and oxygen atoms in total. The molecule has 25 heavy (non-hydrogen) atoms. The molecule has 1 aliphatic rings. The number of carbonyl (C=O) groups excluding carboxylic acids is 2. The topological polar surface area (TPSA) is 53.5 Å². The number of hydrogen-bond donors (Lipinski definition) is 0. The van der Waals surface area contributed by atoms with Crippen LogP contribution in [0.15, 0.2) is 60.8 Å². The summed E-state index contributed by atoms with van der Waals surface area (Å²) < 4.78 is 0. The molecule has 1 aliphatic heterocycles. The van der Waals surface area contributed by atoms with Gasteiger partial charge in [-0.2, -0.15) is 0 Å². The molecule has 0 radical (unpaired) electrons. The number of amides is 2. The van der Waals surface area contributed by atoms with E-state index < -0.39 is 0 Å². The van der Waals surface area contributed by atoms with Gasteiger partial charge >= 0.3 is 0 Å². The van der Waals surface area contributed by atoms with Gasteiger partial charge < -0.3 is 9.80 Å². The highest BCUT2D eigenvalue weighted by Crippen LogP contribution is 2.10. The van der Waals surface area contributed by atoms with Crippen molar-refractivity contribution in [1.82, 2.24) is 14.8 Å². The molecule has 0 bridgehead atoms. The van der Waals surface area contributed by atoms with Gasteiger partial charge in [0.1, 0.15) is 0 Å². The predicted octanol–water partition coefficient (Wildman–Crippen LogP) is 2.47. The van der Waals surface area contributed by atoms with Crippen molar-refractivity contribution >= 4 is 17.9 Å². The standard InChI is InChI=1S/C20H21N3O2/c24-19(11-10-18-9-4-5-12-21-18)22-13-6-14-23(16-15-22)20(25)17-7-2-1-3-8-17/h1-5,7-12H,6,13-16H2. The van der Waals surface area contributed by atoms with E-state index in [0.717, 1.165) is 12.1 Å². The van der Waals surface area contributed by atoms with Crippen molar-refractivity contribution < 1.29 is 9.59 Å². The maximum Gasteiger partial charge on any atom is 0.253 e. The van der Waals surface area contributed by atoms with Crippen LogP contribution in [0.25, 0.3) is 6.08 Å². The van der Waals surface area contributed by atoms with Crippen LogP contribution in [-0.2, 0) is 4.79 Å². The van der Waals surface area contributed by atoms with Crippen LogP contribution in [0.5, 0.6) is 0 Å². The Kier molecular flexibility index (Phi) is 5.57. The number of aromatic nitrogens is 1. The summed E-state index contributed by atoms with van der Waals surface area (Å²) in [5.41, 5.74) is 1.45. The zero-order valence-electron chi connectivity index (χ0n) is 14.0. The van der Waals surface area contributed by atoms with E-state index >= 15 is 0 Å². The van der Waals surface area contributed by atoms with Crippen LogP contribution in [0.2, 0.25) is 0 Å². The number of carbonyl (C=O) groups is 2. The molecule has 1 aromatic carbocycles. The monoisotopic (exact) mass is 335 g/mol. The molecule has 1 aromatic heterocycles. The number of hydrogen-bond acceptors (Lipinski definition) is 3. The van der Waals surface area contributed by atoms with Crippen LogP contribution < -0.4 is 0 Å². The highest BCUT2D eigenvalue weighted by molar-refractivity contribution is 5.94. The number of nitrogens with zero attached hydrogens (tertiary/aromatic N) is 3. The van der Waals surface area contributed by atoms with Crippen LogP contribution in [0, 0.1) is 0 Å². The summed E-state index contributed by atoms with van der Waals surface area (Å²) in [6.07, 6.45) is 5.75. The average Bonchev–Trinajstić information content (AvgIpc) is 2.93. The largest absolute Gasteiger partial charge is 0.337 e. The second-order valence-electron chi connectivity index (χ2n) is 5.93. The van der Waals surface area contributed by atoms with Crippen LogP contribution in [0.1, 0.15) is 22.5 Å². The summed E-state index contributed by atoms with van der Waals surface area (Å²) in [6, 6.07) is 14.9. The fourth-order valence-electron chi connectivity index (χ4n) is 2.84. The molecular formula is C20H21N3O2. The molecule has 3 rings (SSSR count). The van der Waals surface area contributed by atoms with Crippen LogP contribution in [-0.4, -0.2) is 52.8 Å². The summed E-state index contributed by atoms with van der Waals surface area (Å²) in [5, 5.41) is 0. The van der Waals surface area contributed by atoms with E-state index in [2.05, 4.69) is 4.98 Å². The minimum atomic E-state index is -0.0420. The van der Waals surface area contributed by atoms with Gasteiger partial charge in [0.2, 0.25) is 5.91 Å². The second kappa shape index (κ2) is 8.24. The van der Waals surface area contributed by atoms with E-state index in [1.165, 1.54) is 0 Å². The zero-order valence-corrected chi connectivity index (χ0v) is 14.0. The molecule has 5 heteroatoms. The number of pyridine rings is 1. The maximum absolute atomic E-state index is 12.5. The first-order valence-corrected chi connectivity index (χ1v) is 8.46. The van der Waals surface area contributed by atoms with Crippen molar-refractivity contribution in [1.29, 1.82) is 0 Å². The van der Waals surface area contributed by atoms with Gasteiger partial charge in [0, 0.05) is 44.0 Å². The van der Waals surface area contributed by atoms with E-state index in [1.807, 2.05) is 53.4 Å². The summed E-state index contributed by atoms with van der Waals surface area (Å²) in [6.45, 7) is 2.42. The quantitative estimate of drug-likeness (QED) is 0.810. The van der Waals surface area contributed by atoms with Crippen molar-refractivity contribution in [3.63, 3.8) is 0 Å². The van der Waals surface area contributed by atoms with Crippen molar-refractivity contribution in [2.45, 2.75) is 6.42 Å². The molecule has 2 amide bonds. The Morgan fingerprint density at radius 1 is 0.880 bits per heavy atom. The van der Waals surface area contributed by atoms with Crippen LogP contribution in [0.4, 0.5) is 0 Å². The van der Waals surface area contributed by atoms with Crippen LogP contribution >= 0.6 is 0 Å². The Labute approximate surface area is 147 Å². The number of benzene rings is 1. The molecule has 0 aliphatic carbocycles. The van der Waals surface area contributed by atoms with E-state index in [4.69, 9.17) is 0 Å². The third-order valence-electron chi connectivity index (χ3n) is 4.20. The van der Waals surface area contributed by atoms with Gasteiger partial charge in [-0.25, -0.2) is 0 Å². The molecule has 0 saturated carbocycles. The lowest BCUT2D eigenvalue weighted by atomic mass is 10.2. The van der Waals surface area contributed by atoms with Crippen LogP contribution in [0.3, 0.4) is 0 Å². The Bertz CT molecular complexity index is 744. The van der Waals surface area contributed by atoms with Crippen molar-refractivity contribution in [2.24, 2.45) is 0 Å². The first-order valence-electron chi connectivity index (χ1n) is 8.46. The summed E-state index contributed by atoms with van der Waals surface area (Å²) in [5.74, 6) is -0.0152. The fraction of sp³-hybridized carbons (Fsp3) is 0.250. The third-order valence-corrected chi connectivity index (χ3v) is 4.20. The van der Waals surface area contributed by atoms with Gasteiger partial charge in [-0.05, 0) is 36.8 Å². The first-order chi connectivity index (χ1) is 12.2. The summed E-state index contributed by atoms with van der Waals surface area (Å²) >= 11 is 0. The third kappa shape index (κ3) is 4.53. The maximum atomic E-state index is 12.5. The van der Waals surface area contributed by atoms with E-state index in [1.54, 1.807) is 23.2 Å². The van der Waals surface area contributed by atoms with E-state index in [9.17, 15) is 9.59 Å². The Morgan fingerprint density at radius 3 is 2.36 bits per heavy atom. The highest BCUT2D eigenvalue weighted by atomic mass is 16.2. The lowest BCUT2D eigenvalue weighted by Crippen LogP contribution is -2.36. The second-order valence-corrected chi connectivity index (χ2v) is 5.93. The van der Waals surface area contributed by atoms with Gasteiger partial charge in [0.15, 0.2) is 0 Å². The molecule has 1 saturated heterocycles. The normalized spacial score (nSPS) is 15.2. The first kappa shape index (κ1) is 16.9. The molecule has 128 valence electrons. The molecule has 2 heterocycles. The summed E-state index contributed by atoms with van der Waals surface area (Å²) in [4.78, 5) is 32.7. The summed E-state index contributed by atoms with van der Waals surface area (Å²) in [7, 11) is 0. The lowest BCUT2D eigenvalue weighted by molar-refractivity contribution is -0.125. The van der Waals surface area contributed by atoms with Gasteiger partial charge in [0.05, 0.1) is 5.69 Å².